The topological polar surface area (TPSA) is 56.1 Å². The fraction of sp³-hybridized carbons (Fsp3) is 0.696. The Balaban J connectivity index is 1.25. The number of aromatic nitrogens is 4. The first-order valence-electron chi connectivity index (χ1n) is 10.9. The minimum Gasteiger partial charge on any atom is -0.473 e. The van der Waals surface area contributed by atoms with E-state index < -0.39 is 0 Å². The summed E-state index contributed by atoms with van der Waals surface area (Å²) in [5.41, 5.74) is 3.87. The number of rotatable bonds is 5. The first kappa shape index (κ1) is 20.3. The first-order chi connectivity index (χ1) is 13.7. The highest BCUT2D eigenvalue weighted by Crippen LogP contribution is 2.50. The number of ether oxygens (including phenoxy) is 1. The van der Waals surface area contributed by atoms with Gasteiger partial charge in [0.05, 0.1) is 11.9 Å². The largest absolute Gasteiger partial charge is 0.473 e. The lowest BCUT2D eigenvalue weighted by Crippen LogP contribution is -2.51. The summed E-state index contributed by atoms with van der Waals surface area (Å²) in [6.07, 6.45) is 8.34. The van der Waals surface area contributed by atoms with E-state index in [0.29, 0.717) is 16.7 Å². The standard InChI is InChI=1S/C23H35N5O/c1-17-16-24-27(5)21(17)19-6-7-20(26-25-19)29-18-14-23(15-18)9-12-28(13-10-23)11-8-22(2,3)4/h6-7,16,18H,8-15H2,1-5H3. The Hall–Kier alpha value is -1.95. The van der Waals surface area contributed by atoms with Crippen LogP contribution in [-0.4, -0.2) is 50.6 Å². The quantitative estimate of drug-likeness (QED) is 0.755. The molecule has 0 N–H and O–H groups in total. The summed E-state index contributed by atoms with van der Waals surface area (Å²) < 4.78 is 7.96. The molecule has 0 amide bonds. The van der Waals surface area contributed by atoms with Gasteiger partial charge in [-0.05, 0) is 81.1 Å². The number of hydrogen-bond acceptors (Lipinski definition) is 5. The van der Waals surface area contributed by atoms with Crippen LogP contribution in [-0.2, 0) is 7.05 Å². The average Bonchev–Trinajstić information content (AvgIpc) is 2.98. The van der Waals surface area contributed by atoms with E-state index in [1.165, 1.54) is 38.9 Å². The summed E-state index contributed by atoms with van der Waals surface area (Å²) in [6, 6.07) is 3.92. The molecule has 0 atom stereocenters. The second-order valence-corrected chi connectivity index (χ2v) is 10.4. The average molecular weight is 398 g/mol. The predicted molar refractivity (Wildman–Crippen MR) is 115 cm³/mol. The maximum absolute atomic E-state index is 6.12. The Labute approximate surface area is 174 Å². The minimum absolute atomic E-state index is 0.287. The van der Waals surface area contributed by atoms with Crippen molar-refractivity contribution in [3.63, 3.8) is 0 Å². The molecule has 1 aliphatic carbocycles. The molecule has 1 saturated carbocycles. The van der Waals surface area contributed by atoms with Crippen LogP contribution >= 0.6 is 0 Å². The minimum atomic E-state index is 0.287. The summed E-state index contributed by atoms with van der Waals surface area (Å²) in [7, 11) is 1.93. The number of likely N-dealkylation sites (tertiary alicyclic amines) is 1. The predicted octanol–water partition coefficient (Wildman–Crippen LogP) is 4.25. The van der Waals surface area contributed by atoms with Crippen LogP contribution in [0, 0.1) is 17.8 Å². The number of hydrogen-bond donors (Lipinski definition) is 0. The third-order valence-corrected chi connectivity index (χ3v) is 6.71. The van der Waals surface area contributed by atoms with Crippen molar-refractivity contribution >= 4 is 0 Å². The Bertz CT molecular complexity index is 800. The molecule has 0 unspecified atom stereocenters. The van der Waals surface area contributed by atoms with Gasteiger partial charge in [-0.1, -0.05) is 20.8 Å². The van der Waals surface area contributed by atoms with Crippen LogP contribution in [0.2, 0.25) is 0 Å². The Morgan fingerprint density at radius 3 is 2.41 bits per heavy atom. The molecule has 6 heteroatoms. The zero-order valence-corrected chi connectivity index (χ0v) is 18.6. The maximum Gasteiger partial charge on any atom is 0.233 e. The summed E-state index contributed by atoms with van der Waals surface area (Å²) in [6.45, 7) is 12.7. The highest BCUT2D eigenvalue weighted by Gasteiger charge is 2.47. The van der Waals surface area contributed by atoms with Crippen molar-refractivity contribution in [2.24, 2.45) is 17.9 Å². The van der Waals surface area contributed by atoms with Crippen LogP contribution in [0.4, 0.5) is 0 Å². The molecule has 158 valence electrons. The van der Waals surface area contributed by atoms with E-state index in [2.05, 4.69) is 41.0 Å². The van der Waals surface area contributed by atoms with Crippen molar-refractivity contribution in [3.8, 4) is 17.3 Å². The summed E-state index contributed by atoms with van der Waals surface area (Å²) >= 11 is 0. The summed E-state index contributed by atoms with van der Waals surface area (Å²) in [4.78, 5) is 2.65. The molecule has 1 saturated heterocycles. The molecule has 0 aromatic carbocycles. The van der Waals surface area contributed by atoms with E-state index in [-0.39, 0.29) is 6.10 Å². The van der Waals surface area contributed by atoms with Crippen LogP contribution in [0.1, 0.15) is 58.4 Å². The summed E-state index contributed by atoms with van der Waals surface area (Å²) in [5.74, 6) is 0.635. The zero-order valence-electron chi connectivity index (χ0n) is 18.6. The molecule has 2 aliphatic rings. The molecule has 2 fully saturated rings. The van der Waals surface area contributed by atoms with Crippen molar-refractivity contribution in [1.82, 2.24) is 24.9 Å². The van der Waals surface area contributed by atoms with Crippen LogP contribution in [0.15, 0.2) is 18.3 Å². The molecule has 2 aromatic rings. The van der Waals surface area contributed by atoms with Gasteiger partial charge in [-0.2, -0.15) is 5.10 Å². The van der Waals surface area contributed by atoms with Gasteiger partial charge in [0.25, 0.3) is 0 Å². The van der Waals surface area contributed by atoms with Crippen molar-refractivity contribution in [2.75, 3.05) is 19.6 Å². The molecule has 29 heavy (non-hydrogen) atoms. The van der Waals surface area contributed by atoms with Crippen LogP contribution in [0.5, 0.6) is 5.88 Å². The molecule has 6 nitrogen and oxygen atoms in total. The van der Waals surface area contributed by atoms with Gasteiger partial charge in [0, 0.05) is 13.1 Å². The fourth-order valence-electron chi connectivity index (χ4n) is 4.74. The van der Waals surface area contributed by atoms with E-state index in [1.54, 1.807) is 0 Å². The van der Waals surface area contributed by atoms with Crippen molar-refractivity contribution < 1.29 is 4.74 Å². The van der Waals surface area contributed by atoms with E-state index in [0.717, 1.165) is 29.8 Å². The maximum atomic E-state index is 6.12. The van der Waals surface area contributed by atoms with Gasteiger partial charge in [0.15, 0.2) is 0 Å². The van der Waals surface area contributed by atoms with Gasteiger partial charge in [0.2, 0.25) is 5.88 Å². The van der Waals surface area contributed by atoms with Crippen LogP contribution in [0.25, 0.3) is 11.4 Å². The van der Waals surface area contributed by atoms with Gasteiger partial charge < -0.3 is 9.64 Å². The SMILES string of the molecule is Cc1cnn(C)c1-c1ccc(OC2CC3(CCN(CCC(C)(C)C)CC3)C2)nn1. The van der Waals surface area contributed by atoms with Crippen LogP contribution in [0.3, 0.4) is 0 Å². The smallest absolute Gasteiger partial charge is 0.233 e. The number of aryl methyl sites for hydroxylation is 2. The van der Waals surface area contributed by atoms with Crippen molar-refractivity contribution in [2.45, 2.75) is 65.9 Å². The molecule has 3 heterocycles. The molecule has 0 radical (unpaired) electrons. The Morgan fingerprint density at radius 2 is 1.86 bits per heavy atom. The molecular formula is C23H35N5O. The highest BCUT2D eigenvalue weighted by molar-refractivity contribution is 5.58. The molecule has 1 spiro atoms. The lowest BCUT2D eigenvalue weighted by Gasteiger charge is -2.51. The highest BCUT2D eigenvalue weighted by atomic mass is 16.5. The van der Waals surface area contributed by atoms with Gasteiger partial charge in [0.1, 0.15) is 11.8 Å². The second kappa shape index (κ2) is 7.71. The van der Waals surface area contributed by atoms with E-state index >= 15 is 0 Å². The number of piperidine rings is 1. The van der Waals surface area contributed by atoms with Gasteiger partial charge in [-0.25, -0.2) is 0 Å². The Morgan fingerprint density at radius 1 is 1.14 bits per heavy atom. The van der Waals surface area contributed by atoms with E-state index in [4.69, 9.17) is 4.74 Å². The van der Waals surface area contributed by atoms with E-state index in [9.17, 15) is 0 Å². The van der Waals surface area contributed by atoms with Crippen LogP contribution < -0.4 is 4.74 Å². The van der Waals surface area contributed by atoms with Gasteiger partial charge >= 0.3 is 0 Å². The lowest BCUT2D eigenvalue weighted by molar-refractivity contribution is -0.0579. The van der Waals surface area contributed by atoms with E-state index in [1.807, 2.05) is 37.0 Å². The third kappa shape index (κ3) is 4.63. The summed E-state index contributed by atoms with van der Waals surface area (Å²) in [5, 5.41) is 13.0. The normalized spacial score (nSPS) is 20.0. The van der Waals surface area contributed by atoms with Gasteiger partial charge in [-0.15, -0.1) is 10.2 Å². The third-order valence-electron chi connectivity index (χ3n) is 6.71. The molecule has 1 aliphatic heterocycles. The number of nitrogens with zero attached hydrogens (tertiary/aromatic N) is 5. The second-order valence-electron chi connectivity index (χ2n) is 10.4. The van der Waals surface area contributed by atoms with Crippen molar-refractivity contribution in [3.05, 3.63) is 23.9 Å². The molecule has 2 aromatic heterocycles. The Kier molecular flexibility index (Phi) is 5.40. The molecule has 4 rings (SSSR count). The fourth-order valence-corrected chi connectivity index (χ4v) is 4.74. The molecule has 0 bridgehead atoms. The monoisotopic (exact) mass is 397 g/mol. The first-order valence-corrected chi connectivity index (χ1v) is 10.9. The van der Waals surface area contributed by atoms with Gasteiger partial charge in [-0.3, -0.25) is 4.68 Å². The molecular weight excluding hydrogens is 362 g/mol. The lowest BCUT2D eigenvalue weighted by atomic mass is 9.61. The zero-order chi connectivity index (χ0) is 20.6. The van der Waals surface area contributed by atoms with Crippen molar-refractivity contribution in [1.29, 1.82) is 0 Å².